The normalized spacial score (nSPS) is 22.0. The highest BCUT2D eigenvalue weighted by Gasteiger charge is 2.28. The number of ether oxygens (including phenoxy) is 1. The summed E-state index contributed by atoms with van der Waals surface area (Å²) in [5, 5.41) is 2.95. The standard InChI is InChI=1S/C19H29N3O2/c1-24-18-9-7-16(8-10-18)20-19(23)6-4-11-21-13-14-22-12-3-2-5-17(22)15-21/h7-10,17H,2-6,11-15H2,1H3,(H,20,23). The van der Waals surface area contributed by atoms with Crippen LogP contribution in [0.5, 0.6) is 5.75 Å². The second-order valence-electron chi connectivity index (χ2n) is 6.87. The first-order valence-corrected chi connectivity index (χ1v) is 9.15. The number of rotatable bonds is 6. The van der Waals surface area contributed by atoms with E-state index in [2.05, 4.69) is 15.1 Å². The van der Waals surface area contributed by atoms with E-state index in [0.29, 0.717) is 6.42 Å². The quantitative estimate of drug-likeness (QED) is 0.870. The van der Waals surface area contributed by atoms with Crippen molar-refractivity contribution in [2.75, 3.05) is 45.2 Å². The number of piperazine rings is 1. The second kappa shape index (κ2) is 8.49. The Kier molecular flexibility index (Phi) is 6.10. The SMILES string of the molecule is COc1ccc(NC(=O)CCCN2CCN3CCCCC3C2)cc1. The molecular weight excluding hydrogens is 302 g/mol. The minimum atomic E-state index is 0.0940. The third kappa shape index (κ3) is 4.71. The summed E-state index contributed by atoms with van der Waals surface area (Å²) in [6.45, 7) is 5.84. The monoisotopic (exact) mass is 331 g/mol. The highest BCUT2D eigenvalue weighted by molar-refractivity contribution is 5.90. The summed E-state index contributed by atoms with van der Waals surface area (Å²) >= 11 is 0. The van der Waals surface area contributed by atoms with Crippen LogP contribution in [0.1, 0.15) is 32.1 Å². The molecule has 1 aromatic carbocycles. The average molecular weight is 331 g/mol. The van der Waals surface area contributed by atoms with Crippen molar-refractivity contribution in [1.82, 2.24) is 9.80 Å². The summed E-state index contributed by atoms with van der Waals surface area (Å²) < 4.78 is 5.12. The molecule has 2 saturated heterocycles. The van der Waals surface area contributed by atoms with Gasteiger partial charge in [0.1, 0.15) is 5.75 Å². The van der Waals surface area contributed by atoms with Gasteiger partial charge in [-0.15, -0.1) is 0 Å². The molecule has 1 unspecified atom stereocenters. The van der Waals surface area contributed by atoms with E-state index in [1.54, 1.807) is 7.11 Å². The van der Waals surface area contributed by atoms with Crippen LogP contribution in [0.3, 0.4) is 0 Å². The molecule has 2 aliphatic rings. The Labute approximate surface area is 145 Å². The summed E-state index contributed by atoms with van der Waals surface area (Å²) in [5.74, 6) is 0.895. The van der Waals surface area contributed by atoms with Gasteiger partial charge in [-0.2, -0.15) is 0 Å². The number of fused-ring (bicyclic) bond motifs is 1. The molecule has 1 N–H and O–H groups in total. The van der Waals surface area contributed by atoms with Crippen LogP contribution in [-0.4, -0.2) is 61.6 Å². The number of amides is 1. The zero-order chi connectivity index (χ0) is 16.8. The van der Waals surface area contributed by atoms with Gasteiger partial charge >= 0.3 is 0 Å². The van der Waals surface area contributed by atoms with E-state index >= 15 is 0 Å². The molecule has 1 aromatic rings. The van der Waals surface area contributed by atoms with Crippen molar-refractivity contribution in [1.29, 1.82) is 0 Å². The van der Waals surface area contributed by atoms with Crippen LogP contribution in [0, 0.1) is 0 Å². The maximum Gasteiger partial charge on any atom is 0.224 e. The Morgan fingerprint density at radius 2 is 2.04 bits per heavy atom. The molecule has 0 aliphatic carbocycles. The lowest BCUT2D eigenvalue weighted by atomic mass is 9.99. The van der Waals surface area contributed by atoms with Crippen LogP contribution in [-0.2, 0) is 4.79 Å². The zero-order valence-corrected chi connectivity index (χ0v) is 14.7. The summed E-state index contributed by atoms with van der Waals surface area (Å²) in [4.78, 5) is 17.3. The van der Waals surface area contributed by atoms with Crippen LogP contribution in [0.4, 0.5) is 5.69 Å². The Balaban J connectivity index is 1.35. The van der Waals surface area contributed by atoms with E-state index in [0.717, 1.165) is 37.0 Å². The van der Waals surface area contributed by atoms with Crippen molar-refractivity contribution in [3.63, 3.8) is 0 Å². The van der Waals surface area contributed by atoms with Crippen molar-refractivity contribution >= 4 is 11.6 Å². The number of hydrogen-bond donors (Lipinski definition) is 1. The number of piperidine rings is 1. The van der Waals surface area contributed by atoms with E-state index in [9.17, 15) is 4.79 Å². The first-order valence-electron chi connectivity index (χ1n) is 9.15. The van der Waals surface area contributed by atoms with Gasteiger partial charge in [0.2, 0.25) is 5.91 Å². The fraction of sp³-hybridized carbons (Fsp3) is 0.632. The number of nitrogens with one attached hydrogen (secondary N) is 1. The van der Waals surface area contributed by atoms with Gasteiger partial charge in [0.15, 0.2) is 0 Å². The highest BCUT2D eigenvalue weighted by atomic mass is 16.5. The molecule has 0 aromatic heterocycles. The van der Waals surface area contributed by atoms with Gasteiger partial charge in [0.25, 0.3) is 0 Å². The number of nitrogens with zero attached hydrogens (tertiary/aromatic N) is 2. The molecule has 2 aliphatic heterocycles. The van der Waals surface area contributed by atoms with E-state index < -0.39 is 0 Å². The Morgan fingerprint density at radius 3 is 2.83 bits per heavy atom. The molecule has 1 atom stereocenters. The third-order valence-electron chi connectivity index (χ3n) is 5.17. The Bertz CT molecular complexity index is 532. The first kappa shape index (κ1) is 17.2. The fourth-order valence-corrected chi connectivity index (χ4v) is 3.78. The van der Waals surface area contributed by atoms with Gasteiger partial charge in [-0.3, -0.25) is 9.69 Å². The number of carbonyl (C=O) groups is 1. The minimum absolute atomic E-state index is 0.0940. The Morgan fingerprint density at radius 1 is 1.21 bits per heavy atom. The average Bonchev–Trinajstić information content (AvgIpc) is 2.62. The van der Waals surface area contributed by atoms with Crippen LogP contribution in [0.15, 0.2) is 24.3 Å². The largest absolute Gasteiger partial charge is 0.497 e. The van der Waals surface area contributed by atoms with Crippen molar-refractivity contribution in [2.24, 2.45) is 0 Å². The maximum absolute atomic E-state index is 12.1. The van der Waals surface area contributed by atoms with Crippen molar-refractivity contribution < 1.29 is 9.53 Å². The lowest BCUT2D eigenvalue weighted by Gasteiger charge is -2.44. The zero-order valence-electron chi connectivity index (χ0n) is 14.7. The molecule has 1 amide bonds. The molecule has 2 fully saturated rings. The van der Waals surface area contributed by atoms with Crippen LogP contribution in [0.25, 0.3) is 0 Å². The highest BCUT2D eigenvalue weighted by Crippen LogP contribution is 2.21. The maximum atomic E-state index is 12.1. The molecule has 0 spiro atoms. The molecule has 3 rings (SSSR count). The van der Waals surface area contributed by atoms with Gasteiger partial charge in [0, 0.05) is 37.8 Å². The van der Waals surface area contributed by atoms with Gasteiger partial charge < -0.3 is 15.0 Å². The fourth-order valence-electron chi connectivity index (χ4n) is 3.78. The smallest absolute Gasteiger partial charge is 0.224 e. The molecule has 5 nitrogen and oxygen atoms in total. The minimum Gasteiger partial charge on any atom is -0.497 e. The van der Waals surface area contributed by atoms with Crippen molar-refractivity contribution in [3.05, 3.63) is 24.3 Å². The Hall–Kier alpha value is -1.59. The summed E-state index contributed by atoms with van der Waals surface area (Å²) in [5.41, 5.74) is 0.830. The molecule has 0 bridgehead atoms. The summed E-state index contributed by atoms with van der Waals surface area (Å²) in [6, 6.07) is 8.22. The predicted octanol–water partition coefficient (Wildman–Crippen LogP) is 2.58. The molecule has 0 radical (unpaired) electrons. The number of carbonyl (C=O) groups excluding carboxylic acids is 1. The van der Waals surface area contributed by atoms with Crippen molar-refractivity contribution in [3.8, 4) is 5.75 Å². The summed E-state index contributed by atoms with van der Waals surface area (Å²) in [6.07, 6.45) is 5.58. The van der Waals surface area contributed by atoms with Gasteiger partial charge in [-0.05, 0) is 56.6 Å². The van der Waals surface area contributed by atoms with Crippen molar-refractivity contribution in [2.45, 2.75) is 38.1 Å². The topological polar surface area (TPSA) is 44.8 Å². The van der Waals surface area contributed by atoms with E-state index in [1.807, 2.05) is 24.3 Å². The van der Waals surface area contributed by atoms with Gasteiger partial charge in [0.05, 0.1) is 7.11 Å². The van der Waals surface area contributed by atoms with Gasteiger partial charge in [-0.25, -0.2) is 0 Å². The third-order valence-corrected chi connectivity index (χ3v) is 5.17. The lowest BCUT2D eigenvalue weighted by molar-refractivity contribution is -0.116. The number of hydrogen-bond acceptors (Lipinski definition) is 4. The summed E-state index contributed by atoms with van der Waals surface area (Å²) in [7, 11) is 1.64. The predicted molar refractivity (Wildman–Crippen MR) is 96.5 cm³/mol. The lowest BCUT2D eigenvalue weighted by Crippen LogP contribution is -2.54. The van der Waals surface area contributed by atoms with Crippen LogP contribution >= 0.6 is 0 Å². The van der Waals surface area contributed by atoms with Crippen LogP contribution in [0.2, 0.25) is 0 Å². The molecule has 24 heavy (non-hydrogen) atoms. The van der Waals surface area contributed by atoms with Crippen LogP contribution < -0.4 is 10.1 Å². The molecule has 0 saturated carbocycles. The molecular formula is C19H29N3O2. The molecule has 2 heterocycles. The van der Waals surface area contributed by atoms with Gasteiger partial charge in [-0.1, -0.05) is 6.42 Å². The number of anilines is 1. The molecule has 132 valence electrons. The van der Waals surface area contributed by atoms with E-state index in [4.69, 9.17) is 4.74 Å². The van der Waals surface area contributed by atoms with E-state index in [-0.39, 0.29) is 5.91 Å². The first-order chi connectivity index (χ1) is 11.7. The van der Waals surface area contributed by atoms with E-state index in [1.165, 1.54) is 38.9 Å². The number of methoxy groups -OCH3 is 1. The number of benzene rings is 1. The molecule has 5 heteroatoms. The second-order valence-corrected chi connectivity index (χ2v) is 6.87.